The Morgan fingerprint density at radius 2 is 1.96 bits per heavy atom. The highest BCUT2D eigenvalue weighted by Gasteiger charge is 2.41. The van der Waals surface area contributed by atoms with Crippen LogP contribution in [0.5, 0.6) is 11.5 Å². The number of methoxy groups -OCH3 is 2. The summed E-state index contributed by atoms with van der Waals surface area (Å²) in [6.07, 6.45) is 2.47. The van der Waals surface area contributed by atoms with Gasteiger partial charge in [-0.25, -0.2) is 0 Å². The Hall–Kier alpha value is -2.24. The molecule has 0 spiro atoms. The lowest BCUT2D eigenvalue weighted by Gasteiger charge is -2.21. The quantitative estimate of drug-likeness (QED) is 0.658. The van der Waals surface area contributed by atoms with Crippen LogP contribution in [-0.4, -0.2) is 50.6 Å². The van der Waals surface area contributed by atoms with E-state index in [1.54, 1.807) is 14.2 Å². The average molecular weight is 391 g/mol. The van der Waals surface area contributed by atoms with E-state index in [4.69, 9.17) is 9.47 Å². The first-order valence-electron chi connectivity index (χ1n) is 10.2. The molecule has 1 aliphatic rings. The lowest BCUT2D eigenvalue weighted by molar-refractivity contribution is -0.131. The number of unbranched alkanes of at least 4 members (excludes halogenated alkanes) is 1. The number of nitrogens with zero attached hydrogens (tertiary/aromatic N) is 1. The van der Waals surface area contributed by atoms with Gasteiger partial charge < -0.3 is 19.7 Å². The van der Waals surface area contributed by atoms with E-state index < -0.39 is 0 Å². The fraction of sp³-hybridized carbons (Fsp3) is 0.636. The number of rotatable bonds is 9. The van der Waals surface area contributed by atoms with Crippen LogP contribution in [0.1, 0.15) is 51.5 Å². The molecule has 1 aliphatic heterocycles. The molecule has 0 unspecified atom stereocenters. The summed E-state index contributed by atoms with van der Waals surface area (Å²) in [5, 5.41) is 3.04. The van der Waals surface area contributed by atoms with Gasteiger partial charge in [-0.15, -0.1) is 0 Å². The zero-order chi connectivity index (χ0) is 20.7. The minimum absolute atomic E-state index is 0.0103. The first-order valence-corrected chi connectivity index (χ1v) is 10.2. The second kappa shape index (κ2) is 10.3. The average Bonchev–Trinajstić information content (AvgIpc) is 3.12. The monoisotopic (exact) mass is 390 g/mol. The van der Waals surface area contributed by atoms with E-state index in [-0.39, 0.29) is 23.7 Å². The molecule has 0 bridgehead atoms. The van der Waals surface area contributed by atoms with Crippen molar-refractivity contribution >= 4 is 11.8 Å². The fourth-order valence-electron chi connectivity index (χ4n) is 3.71. The Balaban J connectivity index is 2.28. The van der Waals surface area contributed by atoms with Crippen molar-refractivity contribution < 1.29 is 19.1 Å². The van der Waals surface area contributed by atoms with Gasteiger partial charge in [-0.05, 0) is 18.4 Å². The summed E-state index contributed by atoms with van der Waals surface area (Å²) >= 11 is 0. The highest BCUT2D eigenvalue weighted by atomic mass is 16.5. The molecule has 1 N–H and O–H groups in total. The molecular weight excluding hydrogens is 356 g/mol. The minimum atomic E-state index is -0.282. The Morgan fingerprint density at radius 3 is 2.57 bits per heavy atom. The van der Waals surface area contributed by atoms with Crippen LogP contribution in [-0.2, 0) is 9.59 Å². The van der Waals surface area contributed by atoms with Crippen molar-refractivity contribution in [2.75, 3.05) is 33.9 Å². The van der Waals surface area contributed by atoms with E-state index in [2.05, 4.69) is 12.2 Å². The summed E-state index contributed by atoms with van der Waals surface area (Å²) in [5.74, 6) is 1.42. The Kier molecular flexibility index (Phi) is 8.15. The number of carbonyl (C=O) groups is 2. The topological polar surface area (TPSA) is 67.9 Å². The first kappa shape index (κ1) is 22.1. The number of nitrogens with one attached hydrogen (secondary N) is 1. The van der Waals surface area contributed by atoms with Gasteiger partial charge in [-0.1, -0.05) is 33.3 Å². The van der Waals surface area contributed by atoms with Gasteiger partial charge in [0.15, 0.2) is 0 Å². The Bertz CT molecular complexity index is 675. The minimum Gasteiger partial charge on any atom is -0.497 e. The second-order valence-electron chi connectivity index (χ2n) is 7.86. The highest BCUT2D eigenvalue weighted by Crippen LogP contribution is 2.39. The third-order valence-corrected chi connectivity index (χ3v) is 5.26. The molecule has 6 heteroatoms. The molecule has 1 fully saturated rings. The van der Waals surface area contributed by atoms with E-state index in [0.29, 0.717) is 43.5 Å². The highest BCUT2D eigenvalue weighted by molar-refractivity contribution is 5.83. The molecule has 0 saturated carbocycles. The normalized spacial score (nSPS) is 19.0. The van der Waals surface area contributed by atoms with E-state index in [9.17, 15) is 9.59 Å². The van der Waals surface area contributed by atoms with E-state index in [1.165, 1.54) is 0 Å². The first-order chi connectivity index (χ1) is 13.4. The number of amides is 2. The summed E-state index contributed by atoms with van der Waals surface area (Å²) in [7, 11) is 3.23. The summed E-state index contributed by atoms with van der Waals surface area (Å²) in [5.41, 5.74) is 0.943. The standard InChI is InChI=1S/C22H34N2O4/c1-6-7-10-23-22(26)19-14-24(21(25)11-15(2)3)13-18(19)17-9-8-16(27-4)12-20(17)28-5/h8-9,12,15,18-19H,6-7,10-11,13-14H2,1-5H3,(H,23,26)/t18-,19+/m0/s1. The largest absolute Gasteiger partial charge is 0.497 e. The number of benzene rings is 1. The van der Waals surface area contributed by atoms with Crippen molar-refractivity contribution in [2.24, 2.45) is 11.8 Å². The Morgan fingerprint density at radius 1 is 1.21 bits per heavy atom. The smallest absolute Gasteiger partial charge is 0.225 e. The van der Waals surface area contributed by atoms with Gasteiger partial charge in [0.2, 0.25) is 11.8 Å². The van der Waals surface area contributed by atoms with Crippen LogP contribution < -0.4 is 14.8 Å². The van der Waals surface area contributed by atoms with Crippen LogP contribution in [0, 0.1) is 11.8 Å². The van der Waals surface area contributed by atoms with E-state index in [1.807, 2.05) is 36.9 Å². The molecule has 1 aromatic rings. The second-order valence-corrected chi connectivity index (χ2v) is 7.86. The van der Waals surface area contributed by atoms with Crippen molar-refractivity contribution in [3.8, 4) is 11.5 Å². The molecule has 6 nitrogen and oxygen atoms in total. The van der Waals surface area contributed by atoms with Crippen molar-refractivity contribution in [1.82, 2.24) is 10.2 Å². The maximum absolute atomic E-state index is 12.9. The van der Waals surface area contributed by atoms with Crippen LogP contribution >= 0.6 is 0 Å². The zero-order valence-corrected chi connectivity index (χ0v) is 17.8. The maximum atomic E-state index is 12.9. The maximum Gasteiger partial charge on any atom is 0.225 e. The van der Waals surface area contributed by atoms with Crippen LogP contribution in [0.4, 0.5) is 0 Å². The summed E-state index contributed by atoms with van der Waals surface area (Å²) in [6, 6.07) is 5.66. The third kappa shape index (κ3) is 5.40. The van der Waals surface area contributed by atoms with Crippen molar-refractivity contribution in [3.05, 3.63) is 23.8 Å². The number of hydrogen-bond donors (Lipinski definition) is 1. The number of ether oxygens (including phenoxy) is 2. The molecule has 0 aromatic heterocycles. The van der Waals surface area contributed by atoms with E-state index in [0.717, 1.165) is 18.4 Å². The number of hydrogen-bond acceptors (Lipinski definition) is 4. The van der Waals surface area contributed by atoms with Gasteiger partial charge in [-0.3, -0.25) is 9.59 Å². The zero-order valence-electron chi connectivity index (χ0n) is 17.8. The van der Waals surface area contributed by atoms with E-state index >= 15 is 0 Å². The molecule has 1 heterocycles. The Labute approximate surface area is 168 Å². The molecule has 1 aromatic carbocycles. The summed E-state index contributed by atoms with van der Waals surface area (Å²) in [4.78, 5) is 27.4. The third-order valence-electron chi connectivity index (χ3n) is 5.26. The SMILES string of the molecule is CCCCNC(=O)[C@@H]1CN(C(=O)CC(C)C)C[C@H]1c1ccc(OC)cc1OC. The summed E-state index contributed by atoms with van der Waals surface area (Å²) < 4.78 is 10.9. The predicted molar refractivity (Wildman–Crippen MR) is 110 cm³/mol. The molecule has 1 saturated heterocycles. The molecule has 0 radical (unpaired) electrons. The molecule has 28 heavy (non-hydrogen) atoms. The lowest BCUT2D eigenvalue weighted by atomic mass is 9.87. The van der Waals surface area contributed by atoms with Crippen LogP contribution in [0.3, 0.4) is 0 Å². The molecule has 2 atom stereocenters. The van der Waals surface area contributed by atoms with Gasteiger partial charge >= 0.3 is 0 Å². The van der Waals surface area contributed by atoms with Gasteiger partial charge in [0.05, 0.1) is 20.1 Å². The van der Waals surface area contributed by atoms with Crippen LogP contribution in [0.25, 0.3) is 0 Å². The van der Waals surface area contributed by atoms with Gasteiger partial charge in [0, 0.05) is 43.6 Å². The lowest BCUT2D eigenvalue weighted by Crippen LogP contribution is -2.36. The van der Waals surface area contributed by atoms with Crippen molar-refractivity contribution in [2.45, 2.75) is 46.0 Å². The van der Waals surface area contributed by atoms with Gasteiger partial charge in [-0.2, -0.15) is 0 Å². The summed E-state index contributed by atoms with van der Waals surface area (Å²) in [6.45, 7) is 7.81. The molecule has 2 rings (SSSR count). The molecule has 2 amide bonds. The number of carbonyl (C=O) groups excluding carboxylic acids is 2. The molecule has 156 valence electrons. The van der Waals surface area contributed by atoms with Crippen LogP contribution in [0.15, 0.2) is 18.2 Å². The van der Waals surface area contributed by atoms with Crippen LogP contribution in [0.2, 0.25) is 0 Å². The van der Waals surface area contributed by atoms with Crippen molar-refractivity contribution in [1.29, 1.82) is 0 Å². The van der Waals surface area contributed by atoms with Gasteiger partial charge in [0.1, 0.15) is 11.5 Å². The number of likely N-dealkylation sites (tertiary alicyclic amines) is 1. The van der Waals surface area contributed by atoms with Gasteiger partial charge in [0.25, 0.3) is 0 Å². The molecular formula is C22H34N2O4. The fourth-order valence-corrected chi connectivity index (χ4v) is 3.71. The molecule has 0 aliphatic carbocycles. The predicted octanol–water partition coefficient (Wildman–Crippen LogP) is 3.21. The van der Waals surface area contributed by atoms with Crippen molar-refractivity contribution in [3.63, 3.8) is 0 Å².